The van der Waals surface area contributed by atoms with Crippen molar-refractivity contribution >= 4 is 0 Å². The quantitative estimate of drug-likeness (QED) is 0.858. The third-order valence-electron chi connectivity index (χ3n) is 3.06. The molecule has 0 saturated carbocycles. The first-order valence-electron chi connectivity index (χ1n) is 6.57. The lowest BCUT2D eigenvalue weighted by molar-refractivity contribution is 0.0216. The maximum Gasteiger partial charge on any atom is 0.316 e. The Hall–Kier alpha value is -1.20. The number of aromatic nitrogens is 2. The molecule has 1 saturated heterocycles. The third-order valence-corrected chi connectivity index (χ3v) is 3.06. The average Bonchev–Trinajstić information content (AvgIpc) is 2.39. The van der Waals surface area contributed by atoms with E-state index in [4.69, 9.17) is 9.47 Å². The van der Waals surface area contributed by atoms with Crippen LogP contribution in [0.2, 0.25) is 0 Å². The summed E-state index contributed by atoms with van der Waals surface area (Å²) < 4.78 is 11.1. The fourth-order valence-corrected chi connectivity index (χ4v) is 1.90. The summed E-state index contributed by atoms with van der Waals surface area (Å²) in [6.45, 7) is 7.36. The zero-order chi connectivity index (χ0) is 12.8. The van der Waals surface area contributed by atoms with E-state index in [0.717, 1.165) is 50.4 Å². The van der Waals surface area contributed by atoms with Gasteiger partial charge in [-0.15, -0.1) is 0 Å². The van der Waals surface area contributed by atoms with Crippen molar-refractivity contribution < 1.29 is 9.47 Å². The molecule has 1 N–H and O–H groups in total. The minimum atomic E-state index is 0.192. The SMILES string of the molecule is CCNCc1cnc(OC2CCOCC2)nc1C. The van der Waals surface area contributed by atoms with Crippen molar-refractivity contribution in [1.82, 2.24) is 15.3 Å². The minimum Gasteiger partial charge on any atom is -0.460 e. The van der Waals surface area contributed by atoms with Crippen LogP contribution in [0.4, 0.5) is 0 Å². The van der Waals surface area contributed by atoms with Gasteiger partial charge in [0.25, 0.3) is 0 Å². The predicted molar refractivity (Wildman–Crippen MR) is 68.6 cm³/mol. The van der Waals surface area contributed by atoms with Crippen molar-refractivity contribution in [1.29, 1.82) is 0 Å². The van der Waals surface area contributed by atoms with E-state index >= 15 is 0 Å². The molecule has 18 heavy (non-hydrogen) atoms. The summed E-state index contributed by atoms with van der Waals surface area (Å²) in [5.41, 5.74) is 2.10. The number of nitrogens with one attached hydrogen (secondary N) is 1. The second-order valence-electron chi connectivity index (χ2n) is 4.47. The summed E-state index contributed by atoms with van der Waals surface area (Å²) in [5.74, 6) is 0. The van der Waals surface area contributed by atoms with E-state index < -0.39 is 0 Å². The second-order valence-corrected chi connectivity index (χ2v) is 4.47. The van der Waals surface area contributed by atoms with Crippen molar-refractivity contribution in [2.75, 3.05) is 19.8 Å². The molecule has 1 fully saturated rings. The first-order chi connectivity index (χ1) is 8.79. The third kappa shape index (κ3) is 3.65. The lowest BCUT2D eigenvalue weighted by Gasteiger charge is -2.22. The molecule has 5 heteroatoms. The van der Waals surface area contributed by atoms with Gasteiger partial charge in [0.2, 0.25) is 0 Å². The summed E-state index contributed by atoms with van der Waals surface area (Å²) in [6, 6.07) is 0.486. The molecule has 0 bridgehead atoms. The van der Waals surface area contributed by atoms with Crippen LogP contribution in [0.15, 0.2) is 6.20 Å². The van der Waals surface area contributed by atoms with E-state index in [1.54, 1.807) is 0 Å². The van der Waals surface area contributed by atoms with Gasteiger partial charge in [0.1, 0.15) is 6.10 Å². The van der Waals surface area contributed by atoms with Gasteiger partial charge in [-0.05, 0) is 13.5 Å². The molecule has 5 nitrogen and oxygen atoms in total. The molecule has 0 aromatic carbocycles. The van der Waals surface area contributed by atoms with Crippen LogP contribution in [0.1, 0.15) is 31.0 Å². The van der Waals surface area contributed by atoms with E-state index in [-0.39, 0.29) is 6.10 Å². The lowest BCUT2D eigenvalue weighted by atomic mass is 10.2. The molecule has 1 aliphatic rings. The van der Waals surface area contributed by atoms with Gasteiger partial charge in [0.05, 0.1) is 13.2 Å². The van der Waals surface area contributed by atoms with Crippen molar-refractivity contribution in [2.45, 2.75) is 39.3 Å². The molecule has 1 aromatic heterocycles. The van der Waals surface area contributed by atoms with Crippen molar-refractivity contribution in [2.24, 2.45) is 0 Å². The van der Waals surface area contributed by atoms with Crippen LogP contribution >= 0.6 is 0 Å². The van der Waals surface area contributed by atoms with E-state index in [1.165, 1.54) is 0 Å². The molecule has 0 atom stereocenters. The fraction of sp³-hybridized carbons (Fsp3) is 0.692. The maximum atomic E-state index is 5.77. The molecule has 0 aliphatic carbocycles. The van der Waals surface area contributed by atoms with Gasteiger partial charge in [0, 0.05) is 36.8 Å². The normalized spacial score (nSPS) is 16.8. The van der Waals surface area contributed by atoms with E-state index in [0.29, 0.717) is 6.01 Å². The molecule has 0 amide bonds. The van der Waals surface area contributed by atoms with Gasteiger partial charge in [-0.3, -0.25) is 0 Å². The summed E-state index contributed by atoms with van der Waals surface area (Å²) in [6.07, 6.45) is 3.88. The largest absolute Gasteiger partial charge is 0.460 e. The Morgan fingerprint density at radius 2 is 2.22 bits per heavy atom. The predicted octanol–water partition coefficient (Wildman–Crippen LogP) is 1.45. The zero-order valence-corrected chi connectivity index (χ0v) is 11.1. The molecule has 0 unspecified atom stereocenters. The molecule has 2 rings (SSSR count). The Bertz CT molecular complexity index is 378. The van der Waals surface area contributed by atoms with Gasteiger partial charge in [-0.25, -0.2) is 9.97 Å². The molecule has 1 aliphatic heterocycles. The summed E-state index contributed by atoms with van der Waals surface area (Å²) in [7, 11) is 0. The number of ether oxygens (including phenoxy) is 2. The minimum absolute atomic E-state index is 0.192. The first kappa shape index (κ1) is 13.2. The van der Waals surface area contributed by atoms with Crippen molar-refractivity contribution in [3.63, 3.8) is 0 Å². The second kappa shape index (κ2) is 6.66. The first-order valence-corrected chi connectivity index (χ1v) is 6.57. The highest BCUT2D eigenvalue weighted by Crippen LogP contribution is 2.15. The Morgan fingerprint density at radius 1 is 1.44 bits per heavy atom. The van der Waals surface area contributed by atoms with Gasteiger partial charge in [-0.1, -0.05) is 6.92 Å². The molecule has 1 aromatic rings. The Labute approximate surface area is 108 Å². The van der Waals surface area contributed by atoms with Crippen LogP contribution in [-0.4, -0.2) is 35.8 Å². The molecule has 0 radical (unpaired) electrons. The molecule has 100 valence electrons. The van der Waals surface area contributed by atoms with Crippen LogP contribution in [0.3, 0.4) is 0 Å². The number of hydrogen-bond donors (Lipinski definition) is 1. The van der Waals surface area contributed by atoms with Crippen LogP contribution in [0.5, 0.6) is 6.01 Å². The zero-order valence-electron chi connectivity index (χ0n) is 11.1. The number of hydrogen-bond acceptors (Lipinski definition) is 5. The smallest absolute Gasteiger partial charge is 0.316 e. The number of rotatable bonds is 5. The van der Waals surface area contributed by atoms with Gasteiger partial charge in [0.15, 0.2) is 0 Å². The molecule has 2 heterocycles. The van der Waals surface area contributed by atoms with Gasteiger partial charge >= 0.3 is 6.01 Å². The molecular formula is C13H21N3O2. The Kier molecular flexibility index (Phi) is 4.90. The van der Waals surface area contributed by atoms with E-state index in [1.807, 2.05) is 13.1 Å². The highest BCUT2D eigenvalue weighted by Gasteiger charge is 2.16. The van der Waals surface area contributed by atoms with Crippen molar-refractivity contribution in [3.8, 4) is 6.01 Å². The summed E-state index contributed by atoms with van der Waals surface area (Å²) in [4.78, 5) is 8.68. The summed E-state index contributed by atoms with van der Waals surface area (Å²) in [5, 5.41) is 3.27. The fourth-order valence-electron chi connectivity index (χ4n) is 1.90. The molecule has 0 spiro atoms. The highest BCUT2D eigenvalue weighted by molar-refractivity contribution is 5.17. The maximum absolute atomic E-state index is 5.77. The van der Waals surface area contributed by atoms with E-state index in [9.17, 15) is 0 Å². The lowest BCUT2D eigenvalue weighted by Crippen LogP contribution is -2.26. The van der Waals surface area contributed by atoms with Crippen LogP contribution in [-0.2, 0) is 11.3 Å². The van der Waals surface area contributed by atoms with Crippen LogP contribution < -0.4 is 10.1 Å². The Balaban J connectivity index is 1.94. The molecular weight excluding hydrogens is 230 g/mol. The van der Waals surface area contributed by atoms with E-state index in [2.05, 4.69) is 22.2 Å². The van der Waals surface area contributed by atoms with Crippen LogP contribution in [0.25, 0.3) is 0 Å². The summed E-state index contributed by atoms with van der Waals surface area (Å²) >= 11 is 0. The number of nitrogens with zero attached hydrogens (tertiary/aromatic N) is 2. The van der Waals surface area contributed by atoms with Gasteiger partial charge < -0.3 is 14.8 Å². The highest BCUT2D eigenvalue weighted by atomic mass is 16.5. The monoisotopic (exact) mass is 251 g/mol. The van der Waals surface area contributed by atoms with Crippen LogP contribution in [0, 0.1) is 6.92 Å². The topological polar surface area (TPSA) is 56.3 Å². The Morgan fingerprint density at radius 3 is 2.89 bits per heavy atom. The van der Waals surface area contributed by atoms with Gasteiger partial charge in [-0.2, -0.15) is 0 Å². The average molecular weight is 251 g/mol. The number of aryl methyl sites for hydroxylation is 1. The van der Waals surface area contributed by atoms with Crippen molar-refractivity contribution in [3.05, 3.63) is 17.5 Å². The standard InChI is InChI=1S/C13H21N3O2/c1-3-14-8-11-9-15-13(16-10(11)2)18-12-4-6-17-7-5-12/h9,12,14H,3-8H2,1-2H3.